The fourth-order valence-corrected chi connectivity index (χ4v) is 2.81. The first-order chi connectivity index (χ1) is 10.0. The summed E-state index contributed by atoms with van der Waals surface area (Å²) in [5.41, 5.74) is 2.05. The van der Waals surface area contributed by atoms with Crippen LogP contribution in [0.3, 0.4) is 0 Å². The maximum atomic E-state index is 13.2. The van der Waals surface area contributed by atoms with Crippen LogP contribution in [0, 0.1) is 5.82 Å². The number of nitrogens with zero attached hydrogens (tertiary/aromatic N) is 2. The molecule has 0 atom stereocenters. The van der Waals surface area contributed by atoms with Gasteiger partial charge in [0, 0.05) is 31.1 Å². The number of rotatable bonds is 7. The third-order valence-corrected chi connectivity index (χ3v) is 3.93. The Kier molecular flexibility index (Phi) is 5.85. The molecular formula is C16H22FN3S. The summed E-state index contributed by atoms with van der Waals surface area (Å²) in [5, 5.41) is 6.57. The Labute approximate surface area is 129 Å². The quantitative estimate of drug-likeness (QED) is 0.849. The van der Waals surface area contributed by atoms with Gasteiger partial charge in [-0.3, -0.25) is 4.90 Å². The van der Waals surface area contributed by atoms with Crippen molar-refractivity contribution in [1.29, 1.82) is 0 Å². The summed E-state index contributed by atoms with van der Waals surface area (Å²) in [6.45, 7) is 6.56. The van der Waals surface area contributed by atoms with E-state index in [4.69, 9.17) is 0 Å². The molecule has 0 spiro atoms. The van der Waals surface area contributed by atoms with Crippen molar-refractivity contribution >= 4 is 11.3 Å². The Morgan fingerprint density at radius 1 is 1.33 bits per heavy atom. The van der Waals surface area contributed by atoms with Gasteiger partial charge in [-0.25, -0.2) is 9.37 Å². The van der Waals surface area contributed by atoms with Crippen molar-refractivity contribution in [2.75, 3.05) is 7.05 Å². The van der Waals surface area contributed by atoms with Crippen molar-refractivity contribution in [3.05, 3.63) is 51.7 Å². The second kappa shape index (κ2) is 7.64. The van der Waals surface area contributed by atoms with E-state index < -0.39 is 0 Å². The Balaban J connectivity index is 1.86. The first-order valence-corrected chi connectivity index (χ1v) is 8.00. The van der Waals surface area contributed by atoms with Crippen LogP contribution in [0.15, 0.2) is 29.6 Å². The second-order valence-corrected chi connectivity index (χ2v) is 6.51. The third-order valence-electron chi connectivity index (χ3n) is 3.03. The van der Waals surface area contributed by atoms with Gasteiger partial charge >= 0.3 is 0 Å². The third kappa shape index (κ3) is 5.53. The fraction of sp³-hybridized carbons (Fsp3) is 0.438. The van der Waals surface area contributed by atoms with Crippen LogP contribution in [-0.2, 0) is 19.6 Å². The van der Waals surface area contributed by atoms with Crippen molar-refractivity contribution in [1.82, 2.24) is 15.2 Å². The van der Waals surface area contributed by atoms with E-state index in [-0.39, 0.29) is 5.82 Å². The number of nitrogens with one attached hydrogen (secondary N) is 1. The lowest BCUT2D eigenvalue weighted by atomic mass is 10.2. The summed E-state index contributed by atoms with van der Waals surface area (Å²) in [5.74, 6) is -0.184. The Morgan fingerprint density at radius 2 is 2.14 bits per heavy atom. The number of benzene rings is 1. The number of halogens is 1. The van der Waals surface area contributed by atoms with E-state index in [1.807, 2.05) is 13.1 Å². The Bertz CT molecular complexity index is 568. The molecule has 1 N–H and O–H groups in total. The molecule has 0 fully saturated rings. The lowest BCUT2D eigenvalue weighted by Crippen LogP contribution is -2.22. The molecule has 0 aliphatic carbocycles. The average molecular weight is 307 g/mol. The van der Waals surface area contributed by atoms with E-state index in [1.54, 1.807) is 23.5 Å². The SMILES string of the molecule is CC(C)NCc1nc(CN(C)Cc2cccc(F)c2)cs1. The highest BCUT2D eigenvalue weighted by molar-refractivity contribution is 7.09. The number of hydrogen-bond acceptors (Lipinski definition) is 4. The number of aromatic nitrogens is 1. The summed E-state index contributed by atoms with van der Waals surface area (Å²) in [6, 6.07) is 7.20. The minimum atomic E-state index is -0.184. The smallest absolute Gasteiger partial charge is 0.123 e. The summed E-state index contributed by atoms with van der Waals surface area (Å²) in [7, 11) is 2.02. The highest BCUT2D eigenvalue weighted by Gasteiger charge is 2.07. The van der Waals surface area contributed by atoms with Crippen LogP contribution < -0.4 is 5.32 Å². The standard InChI is InChI=1S/C16H22FN3S/c1-12(2)18-8-16-19-15(11-21-16)10-20(3)9-13-5-4-6-14(17)7-13/h4-7,11-12,18H,8-10H2,1-3H3. The van der Waals surface area contributed by atoms with Gasteiger partial charge in [0.05, 0.1) is 5.69 Å². The van der Waals surface area contributed by atoms with Crippen LogP contribution in [0.1, 0.15) is 30.1 Å². The van der Waals surface area contributed by atoms with Crippen molar-refractivity contribution in [2.45, 2.75) is 39.5 Å². The molecule has 0 aliphatic heterocycles. The molecule has 1 aromatic carbocycles. The molecule has 2 aromatic rings. The number of thiazole rings is 1. The van der Waals surface area contributed by atoms with Crippen molar-refractivity contribution in [2.24, 2.45) is 0 Å². The minimum Gasteiger partial charge on any atom is -0.308 e. The monoisotopic (exact) mass is 307 g/mol. The molecule has 0 aliphatic rings. The van der Waals surface area contributed by atoms with Crippen LogP contribution in [-0.4, -0.2) is 23.0 Å². The van der Waals surface area contributed by atoms with Gasteiger partial charge in [0.15, 0.2) is 0 Å². The molecule has 0 radical (unpaired) electrons. The highest BCUT2D eigenvalue weighted by atomic mass is 32.1. The normalized spacial score (nSPS) is 11.5. The van der Waals surface area contributed by atoms with Crippen LogP contribution >= 0.6 is 11.3 Å². The van der Waals surface area contributed by atoms with E-state index in [9.17, 15) is 4.39 Å². The average Bonchev–Trinajstić information content (AvgIpc) is 2.83. The second-order valence-electron chi connectivity index (χ2n) is 5.57. The Hall–Kier alpha value is -1.30. The van der Waals surface area contributed by atoms with Gasteiger partial charge in [0.1, 0.15) is 10.8 Å². The van der Waals surface area contributed by atoms with E-state index in [1.165, 1.54) is 6.07 Å². The zero-order chi connectivity index (χ0) is 15.2. The molecule has 5 heteroatoms. The predicted octanol–water partition coefficient (Wildman–Crippen LogP) is 3.41. The van der Waals surface area contributed by atoms with Crippen LogP contribution in [0.25, 0.3) is 0 Å². The van der Waals surface area contributed by atoms with Crippen molar-refractivity contribution in [3.8, 4) is 0 Å². The maximum Gasteiger partial charge on any atom is 0.123 e. The van der Waals surface area contributed by atoms with Gasteiger partial charge in [-0.15, -0.1) is 11.3 Å². The largest absolute Gasteiger partial charge is 0.308 e. The molecule has 2 rings (SSSR count). The predicted molar refractivity (Wildman–Crippen MR) is 85.7 cm³/mol. The van der Waals surface area contributed by atoms with Gasteiger partial charge in [-0.05, 0) is 24.7 Å². The molecule has 3 nitrogen and oxygen atoms in total. The maximum absolute atomic E-state index is 13.2. The Morgan fingerprint density at radius 3 is 2.86 bits per heavy atom. The van der Waals surface area contributed by atoms with Gasteiger partial charge in [0.2, 0.25) is 0 Å². The molecular weight excluding hydrogens is 285 g/mol. The molecule has 0 saturated carbocycles. The summed E-state index contributed by atoms with van der Waals surface area (Å²) < 4.78 is 13.2. The van der Waals surface area contributed by atoms with E-state index in [0.717, 1.165) is 35.9 Å². The highest BCUT2D eigenvalue weighted by Crippen LogP contribution is 2.13. The first-order valence-electron chi connectivity index (χ1n) is 7.12. The van der Waals surface area contributed by atoms with Crippen LogP contribution in [0.2, 0.25) is 0 Å². The van der Waals surface area contributed by atoms with Gasteiger partial charge in [-0.2, -0.15) is 0 Å². The van der Waals surface area contributed by atoms with Crippen molar-refractivity contribution in [3.63, 3.8) is 0 Å². The molecule has 1 heterocycles. The number of hydrogen-bond donors (Lipinski definition) is 1. The van der Waals surface area contributed by atoms with Gasteiger partial charge in [-0.1, -0.05) is 26.0 Å². The molecule has 1 aromatic heterocycles. The molecule has 21 heavy (non-hydrogen) atoms. The lowest BCUT2D eigenvalue weighted by Gasteiger charge is -2.15. The van der Waals surface area contributed by atoms with Crippen LogP contribution in [0.4, 0.5) is 4.39 Å². The zero-order valence-corrected chi connectivity index (χ0v) is 13.6. The molecule has 0 bridgehead atoms. The minimum absolute atomic E-state index is 0.184. The first kappa shape index (κ1) is 16.1. The molecule has 0 unspecified atom stereocenters. The summed E-state index contributed by atoms with van der Waals surface area (Å²) >= 11 is 1.68. The van der Waals surface area contributed by atoms with Crippen molar-refractivity contribution < 1.29 is 4.39 Å². The molecule has 0 amide bonds. The lowest BCUT2D eigenvalue weighted by molar-refractivity contribution is 0.315. The zero-order valence-electron chi connectivity index (χ0n) is 12.8. The van der Waals surface area contributed by atoms with E-state index in [0.29, 0.717) is 6.04 Å². The van der Waals surface area contributed by atoms with E-state index >= 15 is 0 Å². The van der Waals surface area contributed by atoms with Gasteiger partial charge < -0.3 is 5.32 Å². The fourth-order valence-electron chi connectivity index (χ4n) is 2.07. The van der Waals surface area contributed by atoms with E-state index in [2.05, 4.69) is 34.4 Å². The summed E-state index contributed by atoms with van der Waals surface area (Å²) in [4.78, 5) is 6.76. The van der Waals surface area contributed by atoms with Crippen LogP contribution in [0.5, 0.6) is 0 Å². The molecule has 0 saturated heterocycles. The summed E-state index contributed by atoms with van der Waals surface area (Å²) in [6.07, 6.45) is 0. The van der Waals surface area contributed by atoms with Gasteiger partial charge in [0.25, 0.3) is 0 Å². The molecule has 114 valence electrons. The topological polar surface area (TPSA) is 28.2 Å².